The van der Waals surface area contributed by atoms with Crippen molar-refractivity contribution in [3.63, 3.8) is 0 Å². The minimum Gasteiger partial charge on any atom is -0.469 e. The summed E-state index contributed by atoms with van der Waals surface area (Å²) < 4.78 is 4.55. The zero-order valence-electron chi connectivity index (χ0n) is 9.47. The molecule has 0 spiro atoms. The number of methoxy groups -OCH3 is 1. The lowest BCUT2D eigenvalue weighted by Gasteiger charge is -2.05. The summed E-state index contributed by atoms with van der Waals surface area (Å²) in [6.45, 7) is 1.92. The molecule has 0 aliphatic heterocycles. The number of pyridine rings is 1. The summed E-state index contributed by atoms with van der Waals surface area (Å²) in [4.78, 5) is 15.1. The second-order valence-corrected chi connectivity index (χ2v) is 4.51. The van der Waals surface area contributed by atoms with Gasteiger partial charge in [0.1, 0.15) is 0 Å². The third-order valence-electron chi connectivity index (χ3n) is 2.07. The highest BCUT2D eigenvalue weighted by atomic mass is 32.2. The first kappa shape index (κ1) is 13.0. The molecule has 0 fully saturated rings. The predicted molar refractivity (Wildman–Crippen MR) is 64.2 cm³/mol. The average molecular weight is 240 g/mol. The molecule has 0 unspecified atom stereocenters. The predicted octanol–water partition coefficient (Wildman–Crippen LogP) is 1.76. The van der Waals surface area contributed by atoms with Crippen LogP contribution in [-0.4, -0.2) is 23.8 Å². The van der Waals surface area contributed by atoms with Gasteiger partial charge in [0, 0.05) is 18.0 Å². The van der Waals surface area contributed by atoms with Crippen molar-refractivity contribution in [3.05, 3.63) is 23.9 Å². The topological polar surface area (TPSA) is 65.2 Å². The molecular weight excluding hydrogens is 224 g/mol. The zero-order chi connectivity index (χ0) is 12.0. The van der Waals surface area contributed by atoms with E-state index < -0.39 is 0 Å². The monoisotopic (exact) mass is 240 g/mol. The van der Waals surface area contributed by atoms with Gasteiger partial charge in [-0.15, -0.1) is 11.8 Å². The summed E-state index contributed by atoms with van der Waals surface area (Å²) in [5.41, 5.74) is 6.73. The van der Waals surface area contributed by atoms with Gasteiger partial charge in [-0.2, -0.15) is 0 Å². The zero-order valence-corrected chi connectivity index (χ0v) is 10.3. The molecule has 4 nitrogen and oxygen atoms in total. The van der Waals surface area contributed by atoms with Gasteiger partial charge in [-0.3, -0.25) is 4.79 Å². The molecule has 1 heterocycles. The van der Waals surface area contributed by atoms with Gasteiger partial charge in [-0.1, -0.05) is 6.07 Å². The van der Waals surface area contributed by atoms with Gasteiger partial charge >= 0.3 is 5.97 Å². The maximum Gasteiger partial charge on any atom is 0.306 e. The lowest BCUT2D eigenvalue weighted by Crippen LogP contribution is -2.05. The molecule has 16 heavy (non-hydrogen) atoms. The van der Waals surface area contributed by atoms with E-state index in [0.29, 0.717) is 12.2 Å². The van der Waals surface area contributed by atoms with Gasteiger partial charge in [0.25, 0.3) is 0 Å². The second kappa shape index (κ2) is 6.50. The van der Waals surface area contributed by atoms with E-state index in [1.807, 2.05) is 19.1 Å². The number of nitrogens with zero attached hydrogens (tertiary/aromatic N) is 1. The number of thioether (sulfide) groups is 1. The molecular formula is C11H16N2O2S. The summed E-state index contributed by atoms with van der Waals surface area (Å²) in [6.07, 6.45) is 2.17. The molecule has 0 bridgehead atoms. The van der Waals surface area contributed by atoms with Crippen molar-refractivity contribution in [2.24, 2.45) is 5.73 Å². The highest BCUT2D eigenvalue weighted by Crippen LogP contribution is 2.18. The number of hydrogen-bond donors (Lipinski definition) is 1. The van der Waals surface area contributed by atoms with Crippen LogP contribution in [0.3, 0.4) is 0 Å². The normalized spacial score (nSPS) is 12.2. The molecule has 0 radical (unpaired) electrons. The third kappa shape index (κ3) is 4.20. The molecule has 0 saturated heterocycles. The first-order valence-electron chi connectivity index (χ1n) is 5.04. The number of esters is 1. The van der Waals surface area contributed by atoms with E-state index in [1.165, 1.54) is 18.9 Å². The van der Waals surface area contributed by atoms with Crippen molar-refractivity contribution in [1.29, 1.82) is 0 Å². The third-order valence-corrected chi connectivity index (χ3v) is 3.01. The van der Waals surface area contributed by atoms with Crippen LogP contribution in [0.25, 0.3) is 0 Å². The fourth-order valence-electron chi connectivity index (χ4n) is 1.09. The lowest BCUT2D eigenvalue weighted by molar-refractivity contribution is -0.140. The summed E-state index contributed by atoms with van der Waals surface area (Å²) in [6, 6.07) is 3.88. The second-order valence-electron chi connectivity index (χ2n) is 3.39. The number of carbonyl (C=O) groups excluding carboxylic acids is 1. The Labute approximate surface area is 99.6 Å². The Balaban J connectivity index is 2.40. The number of aromatic nitrogens is 1. The van der Waals surface area contributed by atoms with Crippen molar-refractivity contribution in [2.45, 2.75) is 24.4 Å². The van der Waals surface area contributed by atoms with Crippen LogP contribution in [0.4, 0.5) is 0 Å². The maximum atomic E-state index is 10.9. The van der Waals surface area contributed by atoms with Crippen LogP contribution in [0, 0.1) is 0 Å². The maximum absolute atomic E-state index is 10.9. The van der Waals surface area contributed by atoms with Crippen LogP contribution in [0.2, 0.25) is 0 Å². The average Bonchev–Trinajstić information content (AvgIpc) is 2.29. The van der Waals surface area contributed by atoms with Crippen LogP contribution in [0.15, 0.2) is 23.4 Å². The molecule has 0 aliphatic rings. The SMILES string of the molecule is COC(=O)CCSc1ccc([C@@H](C)N)cn1. The van der Waals surface area contributed by atoms with E-state index in [2.05, 4.69) is 9.72 Å². The minimum atomic E-state index is -0.195. The fourth-order valence-corrected chi connectivity index (χ4v) is 1.86. The van der Waals surface area contributed by atoms with Crippen LogP contribution in [0.5, 0.6) is 0 Å². The van der Waals surface area contributed by atoms with Crippen LogP contribution >= 0.6 is 11.8 Å². The quantitative estimate of drug-likeness (QED) is 0.627. The molecule has 1 atom stereocenters. The van der Waals surface area contributed by atoms with Crippen molar-refractivity contribution in [3.8, 4) is 0 Å². The Kier molecular flexibility index (Phi) is 5.28. The first-order valence-corrected chi connectivity index (χ1v) is 6.03. The Morgan fingerprint density at radius 1 is 1.62 bits per heavy atom. The minimum absolute atomic E-state index is 0.00150. The van der Waals surface area contributed by atoms with Crippen LogP contribution < -0.4 is 5.73 Å². The largest absolute Gasteiger partial charge is 0.469 e. The standard InChI is InChI=1S/C11H16N2O2S/c1-8(12)9-3-4-10(13-7-9)16-6-5-11(14)15-2/h3-4,7-8H,5-6,12H2,1-2H3/t8-/m1/s1. The van der Waals surface area contributed by atoms with E-state index in [4.69, 9.17) is 5.73 Å². The number of rotatable bonds is 5. The van der Waals surface area contributed by atoms with E-state index in [9.17, 15) is 4.79 Å². The van der Waals surface area contributed by atoms with E-state index in [-0.39, 0.29) is 12.0 Å². The van der Waals surface area contributed by atoms with E-state index >= 15 is 0 Å². The van der Waals surface area contributed by atoms with Gasteiger partial charge in [-0.05, 0) is 18.6 Å². The van der Waals surface area contributed by atoms with Gasteiger partial charge in [0.2, 0.25) is 0 Å². The Bertz CT molecular complexity index is 338. The van der Waals surface area contributed by atoms with Crippen LogP contribution in [-0.2, 0) is 9.53 Å². The van der Waals surface area contributed by atoms with Gasteiger partial charge in [-0.25, -0.2) is 4.98 Å². The summed E-state index contributed by atoms with van der Waals surface area (Å²) >= 11 is 1.53. The Hall–Kier alpha value is -1.07. The Morgan fingerprint density at radius 2 is 2.38 bits per heavy atom. The summed E-state index contributed by atoms with van der Waals surface area (Å²) in [7, 11) is 1.39. The number of nitrogens with two attached hydrogens (primary N) is 1. The van der Waals surface area contributed by atoms with Crippen molar-refractivity contribution >= 4 is 17.7 Å². The highest BCUT2D eigenvalue weighted by Gasteiger charge is 2.03. The van der Waals surface area contributed by atoms with Gasteiger partial charge < -0.3 is 10.5 Å². The summed E-state index contributed by atoms with van der Waals surface area (Å²) in [5.74, 6) is 0.483. The Morgan fingerprint density at radius 3 is 2.88 bits per heavy atom. The molecule has 0 saturated carbocycles. The number of hydrogen-bond acceptors (Lipinski definition) is 5. The smallest absolute Gasteiger partial charge is 0.306 e. The van der Waals surface area contributed by atoms with Gasteiger partial charge in [0.15, 0.2) is 0 Å². The molecule has 1 aromatic heterocycles. The molecule has 0 aromatic carbocycles. The van der Waals surface area contributed by atoms with Crippen molar-refractivity contribution in [2.75, 3.05) is 12.9 Å². The van der Waals surface area contributed by atoms with Crippen molar-refractivity contribution in [1.82, 2.24) is 4.98 Å². The summed E-state index contributed by atoms with van der Waals surface area (Å²) in [5, 5.41) is 0.897. The van der Waals surface area contributed by atoms with Crippen molar-refractivity contribution < 1.29 is 9.53 Å². The van der Waals surface area contributed by atoms with Crippen LogP contribution in [0.1, 0.15) is 24.9 Å². The highest BCUT2D eigenvalue weighted by molar-refractivity contribution is 7.99. The molecule has 0 aliphatic carbocycles. The molecule has 88 valence electrons. The number of ether oxygens (including phenoxy) is 1. The first-order chi connectivity index (χ1) is 7.63. The molecule has 1 rings (SSSR count). The van der Waals surface area contributed by atoms with E-state index in [0.717, 1.165) is 10.6 Å². The molecule has 2 N–H and O–H groups in total. The van der Waals surface area contributed by atoms with Gasteiger partial charge in [0.05, 0.1) is 18.6 Å². The lowest BCUT2D eigenvalue weighted by atomic mass is 10.2. The van der Waals surface area contributed by atoms with E-state index in [1.54, 1.807) is 6.20 Å². The molecule has 5 heteroatoms. The molecule has 0 amide bonds. The number of carbonyl (C=O) groups is 1. The fraction of sp³-hybridized carbons (Fsp3) is 0.455. The molecule has 1 aromatic rings.